The van der Waals surface area contributed by atoms with Crippen LogP contribution in [0.4, 0.5) is 0 Å². The molecule has 0 radical (unpaired) electrons. The SMILES string of the molecule is [2H]OC1C=C[C@H]2[C@@H]3N(C)CC[C@@]24c2c(ccc(OC([2H])([2H])[2H])c2OC14[2H])C3([2H])[2H]. The number of rotatable bonds is 2. The van der Waals surface area contributed by atoms with Gasteiger partial charge in [-0.15, -0.1) is 0 Å². The maximum Gasteiger partial charge on any atom is 0.211 e. The first-order valence-corrected chi connectivity index (χ1v) is 7.54. The minimum absolute atomic E-state index is 0.0465. The predicted molar refractivity (Wildman–Crippen MR) is 82.5 cm³/mol. The molecule has 2 unspecified atom stereocenters. The number of aliphatic hydroxyl groups excluding tert-OH is 1. The van der Waals surface area contributed by atoms with Crippen molar-refractivity contribution in [2.75, 3.05) is 20.6 Å². The zero-order chi connectivity index (χ0) is 21.0. The van der Waals surface area contributed by atoms with Crippen molar-refractivity contribution >= 4 is 0 Å². The molecule has 116 valence electrons. The van der Waals surface area contributed by atoms with Gasteiger partial charge in [-0.25, -0.2) is 0 Å². The van der Waals surface area contributed by atoms with Crippen LogP contribution in [0.2, 0.25) is 0 Å². The van der Waals surface area contributed by atoms with Gasteiger partial charge in [0, 0.05) is 25.7 Å². The third kappa shape index (κ3) is 1.28. The summed E-state index contributed by atoms with van der Waals surface area (Å²) in [4.78, 5) is 1.97. The molecule has 2 aliphatic carbocycles. The summed E-state index contributed by atoms with van der Waals surface area (Å²) in [7, 11) is -0.851. The highest BCUT2D eigenvalue weighted by Gasteiger charge is 2.64. The van der Waals surface area contributed by atoms with Crippen molar-refractivity contribution in [1.82, 2.24) is 4.90 Å². The molecule has 4 nitrogen and oxygen atoms in total. The number of hydrogen-bond acceptors (Lipinski definition) is 4. The number of benzene rings is 1. The summed E-state index contributed by atoms with van der Waals surface area (Å²) in [6.07, 6.45) is -0.567. The molecular weight excluding hydrogens is 278 g/mol. The minimum atomic E-state index is -2.72. The van der Waals surface area contributed by atoms with Gasteiger partial charge in [-0.1, -0.05) is 18.2 Å². The molecule has 1 saturated heterocycles. The maximum absolute atomic E-state index is 9.28. The van der Waals surface area contributed by atoms with Gasteiger partial charge in [0.1, 0.15) is 12.2 Å². The van der Waals surface area contributed by atoms with Crippen LogP contribution < -0.4 is 9.47 Å². The van der Waals surface area contributed by atoms with E-state index in [4.69, 9.17) is 22.9 Å². The number of hydrogen-bond donors (Lipinski definition) is 1. The van der Waals surface area contributed by atoms with Crippen LogP contribution in [0.15, 0.2) is 24.3 Å². The van der Waals surface area contributed by atoms with Crippen LogP contribution in [-0.2, 0) is 11.8 Å². The second kappa shape index (κ2) is 4.06. The number of likely N-dealkylation sites (tertiary alicyclic amines) is 1. The summed E-state index contributed by atoms with van der Waals surface area (Å²) in [6, 6.07) is 2.42. The van der Waals surface area contributed by atoms with Crippen LogP contribution in [0.5, 0.6) is 11.5 Å². The minimum Gasteiger partial charge on any atom is -0.493 e. The smallest absolute Gasteiger partial charge is 0.211 e. The Morgan fingerprint density at radius 1 is 1.59 bits per heavy atom. The highest BCUT2D eigenvalue weighted by atomic mass is 16.5. The molecule has 4 aliphatic rings. The third-order valence-corrected chi connectivity index (χ3v) is 5.63. The average molecular weight is 306 g/mol. The molecule has 1 aromatic carbocycles. The average Bonchev–Trinajstić information content (AvgIpc) is 2.88. The molecule has 5 rings (SSSR count). The molecule has 1 spiro atoms. The second-order valence-corrected chi connectivity index (χ2v) is 6.51. The molecule has 1 N–H and O–H groups in total. The van der Waals surface area contributed by atoms with Crippen LogP contribution in [0, 0.1) is 5.92 Å². The van der Waals surface area contributed by atoms with E-state index in [-0.39, 0.29) is 11.5 Å². The summed E-state index contributed by atoms with van der Waals surface area (Å²) in [6.45, 7) is 0.534. The maximum atomic E-state index is 9.28. The fraction of sp³-hybridized carbons (Fsp3) is 0.556. The van der Waals surface area contributed by atoms with Crippen LogP contribution >= 0.6 is 0 Å². The summed E-state index contributed by atoms with van der Waals surface area (Å²) in [5.41, 5.74) is -0.0963. The third-order valence-electron chi connectivity index (χ3n) is 5.63. The number of aliphatic hydroxyl groups is 1. The van der Waals surface area contributed by atoms with E-state index in [2.05, 4.69) is 0 Å². The summed E-state index contributed by atoms with van der Waals surface area (Å²) >= 11 is 0. The summed E-state index contributed by atoms with van der Waals surface area (Å²) in [5, 5.41) is 4.85. The van der Waals surface area contributed by atoms with Gasteiger partial charge in [0.15, 0.2) is 11.5 Å². The van der Waals surface area contributed by atoms with E-state index in [0.29, 0.717) is 24.1 Å². The normalized spacial score (nSPS) is 51.9. The summed E-state index contributed by atoms with van der Waals surface area (Å²) in [5.74, 6) is -0.358. The van der Waals surface area contributed by atoms with Gasteiger partial charge < -0.3 is 19.5 Å². The Bertz CT molecular complexity index is 919. The van der Waals surface area contributed by atoms with Gasteiger partial charge in [0.2, 0.25) is 1.43 Å². The molecule has 0 amide bonds. The van der Waals surface area contributed by atoms with Gasteiger partial charge in [0.25, 0.3) is 0 Å². The molecule has 0 saturated carbocycles. The zero-order valence-corrected chi connectivity index (χ0v) is 12.1. The van der Waals surface area contributed by atoms with E-state index in [1.807, 2.05) is 18.0 Å². The van der Waals surface area contributed by atoms with E-state index in [1.54, 1.807) is 12.1 Å². The first-order valence-electron chi connectivity index (χ1n) is 10.9. The standard InChI is InChI=1S/C18H21NO3/c1-19-8-7-18-11-4-5-13(20)17(18)22-16-14(21-2)6-3-10(15(16)18)9-12(11)19/h3-6,11-13,17,20H,7-9H2,1-2H3/t11-,12+,13?,17?,18-/m0/s1/i2D3,9D2,17D,20D. The Kier molecular flexibility index (Phi) is 1.45. The first kappa shape index (κ1) is 7.84. The van der Waals surface area contributed by atoms with Gasteiger partial charge in [-0.05, 0) is 38.0 Å². The quantitative estimate of drug-likeness (QED) is 0.841. The molecule has 1 aromatic rings. The predicted octanol–water partition coefficient (Wildman–Crippen LogP) is 1.50. The summed E-state index contributed by atoms with van der Waals surface area (Å²) < 4.78 is 68.3. The number of piperidine rings is 1. The van der Waals surface area contributed by atoms with Crippen molar-refractivity contribution in [3.8, 4) is 11.5 Å². The van der Waals surface area contributed by atoms with Crippen molar-refractivity contribution in [2.45, 2.75) is 36.4 Å². The van der Waals surface area contributed by atoms with Gasteiger partial charge in [-0.3, -0.25) is 0 Å². The molecule has 22 heavy (non-hydrogen) atoms. The highest BCUT2D eigenvalue weighted by Crippen LogP contribution is 2.62. The first-order chi connectivity index (χ1) is 13.5. The molecule has 2 aliphatic heterocycles. The van der Waals surface area contributed by atoms with Crippen molar-refractivity contribution in [1.29, 1.82) is 1.43 Å². The van der Waals surface area contributed by atoms with Gasteiger partial charge in [0.05, 0.1) is 12.5 Å². The zero-order valence-electron chi connectivity index (χ0n) is 19.1. The molecule has 5 atom stereocenters. The molecule has 0 aromatic heterocycles. The van der Waals surface area contributed by atoms with E-state index < -0.39 is 43.0 Å². The Balaban J connectivity index is 1.84. The van der Waals surface area contributed by atoms with Crippen molar-refractivity contribution < 1.29 is 22.8 Å². The van der Waals surface area contributed by atoms with Crippen molar-refractivity contribution in [2.24, 2.45) is 5.92 Å². The lowest BCUT2D eigenvalue weighted by molar-refractivity contribution is -0.0453. The lowest BCUT2D eigenvalue weighted by Gasteiger charge is -2.56. The molecule has 2 bridgehead atoms. The van der Waals surface area contributed by atoms with Crippen LogP contribution in [0.1, 0.15) is 25.8 Å². The molecule has 1 fully saturated rings. The van der Waals surface area contributed by atoms with E-state index in [9.17, 15) is 1.37 Å². The topological polar surface area (TPSA) is 41.9 Å². The van der Waals surface area contributed by atoms with Crippen molar-refractivity contribution in [3.05, 3.63) is 35.4 Å². The number of ether oxygens (including phenoxy) is 2. The fourth-order valence-corrected chi connectivity index (χ4v) is 4.66. The molecule has 4 heteroatoms. The fourth-order valence-electron chi connectivity index (χ4n) is 4.66. The van der Waals surface area contributed by atoms with Gasteiger partial charge in [-0.2, -0.15) is 0 Å². The Hall–Kier alpha value is -1.52. The van der Waals surface area contributed by atoms with E-state index in [0.717, 1.165) is 0 Å². The lowest BCUT2D eigenvalue weighted by atomic mass is 9.53. The Labute approximate surface area is 140 Å². The van der Waals surface area contributed by atoms with Crippen LogP contribution in [0.25, 0.3) is 0 Å². The molecule has 2 heterocycles. The Morgan fingerprint density at radius 2 is 2.55 bits per heavy atom. The Morgan fingerprint density at radius 3 is 3.41 bits per heavy atom. The largest absolute Gasteiger partial charge is 0.493 e. The molecular formula is C18H21NO3. The van der Waals surface area contributed by atoms with Crippen LogP contribution in [0.3, 0.4) is 0 Å². The van der Waals surface area contributed by atoms with Crippen LogP contribution in [-0.4, -0.2) is 50.3 Å². The number of methoxy groups -OCH3 is 1. The number of nitrogens with zero attached hydrogens (tertiary/aromatic N) is 1. The van der Waals surface area contributed by atoms with Gasteiger partial charge >= 0.3 is 0 Å². The lowest BCUT2D eigenvalue weighted by Crippen LogP contribution is -2.64. The van der Waals surface area contributed by atoms with E-state index in [1.165, 1.54) is 6.07 Å². The van der Waals surface area contributed by atoms with Crippen molar-refractivity contribution in [3.63, 3.8) is 0 Å². The highest BCUT2D eigenvalue weighted by molar-refractivity contribution is 5.62. The van der Waals surface area contributed by atoms with E-state index >= 15 is 0 Å². The second-order valence-electron chi connectivity index (χ2n) is 6.51. The monoisotopic (exact) mass is 306 g/mol. The number of likely N-dealkylation sites (N-methyl/N-ethyl adjacent to an activating group) is 1.